The summed E-state index contributed by atoms with van der Waals surface area (Å²) in [4.78, 5) is 11.0. The van der Waals surface area contributed by atoms with Gasteiger partial charge in [0.25, 0.3) is 0 Å². The third-order valence-electron chi connectivity index (χ3n) is 1.82. The molecule has 1 rings (SSSR count). The number of Topliss-reactive ketones (excluding diaryl/α,β-unsaturated/α-hetero) is 1. The minimum absolute atomic E-state index is 0.255. The highest BCUT2D eigenvalue weighted by Gasteiger charge is 2.44. The van der Waals surface area contributed by atoms with Gasteiger partial charge in [-0.25, -0.2) is 0 Å². The zero-order valence-corrected chi connectivity index (χ0v) is 5.81. The van der Waals surface area contributed by atoms with Crippen molar-refractivity contribution in [2.24, 2.45) is 5.73 Å². The topological polar surface area (TPSA) is 43.1 Å². The molecule has 0 saturated heterocycles. The Bertz CT molecular complexity index is 127. The Morgan fingerprint density at radius 2 is 2.22 bits per heavy atom. The fraction of sp³-hybridized carbons (Fsp3) is 0.857. The summed E-state index contributed by atoms with van der Waals surface area (Å²) in [6.45, 7) is 2.00. The molecule has 0 aromatic rings. The van der Waals surface area contributed by atoms with E-state index in [0.29, 0.717) is 6.42 Å². The van der Waals surface area contributed by atoms with Gasteiger partial charge in [0.1, 0.15) is 0 Å². The lowest BCUT2D eigenvalue weighted by Crippen LogP contribution is -2.32. The standard InChI is InChI=1S/C7H13NO/c1-2-3-6(9)7(8)4-5-7/h2-5,8H2,1H3. The molecule has 2 N–H and O–H groups in total. The molecule has 0 amide bonds. The average molecular weight is 127 g/mol. The van der Waals surface area contributed by atoms with Crippen LogP contribution in [0.15, 0.2) is 0 Å². The van der Waals surface area contributed by atoms with Crippen LogP contribution in [0.5, 0.6) is 0 Å². The smallest absolute Gasteiger partial charge is 0.152 e. The van der Waals surface area contributed by atoms with Crippen LogP contribution in [0.25, 0.3) is 0 Å². The lowest BCUT2D eigenvalue weighted by Gasteiger charge is -2.03. The largest absolute Gasteiger partial charge is 0.319 e. The van der Waals surface area contributed by atoms with Gasteiger partial charge >= 0.3 is 0 Å². The molecule has 0 aliphatic heterocycles. The van der Waals surface area contributed by atoms with Crippen molar-refractivity contribution in [3.8, 4) is 0 Å². The van der Waals surface area contributed by atoms with E-state index in [9.17, 15) is 4.79 Å². The van der Waals surface area contributed by atoms with E-state index in [1.807, 2.05) is 6.92 Å². The maximum absolute atomic E-state index is 11.0. The first kappa shape index (κ1) is 6.75. The predicted octanol–water partition coefficient (Wildman–Crippen LogP) is 0.847. The number of hydrogen-bond donors (Lipinski definition) is 1. The Morgan fingerprint density at radius 1 is 1.67 bits per heavy atom. The van der Waals surface area contributed by atoms with Crippen molar-refractivity contribution in [2.75, 3.05) is 0 Å². The summed E-state index contributed by atoms with van der Waals surface area (Å²) in [6.07, 6.45) is 3.41. The number of carbonyl (C=O) groups excluding carboxylic acids is 1. The molecule has 1 fully saturated rings. The van der Waals surface area contributed by atoms with Crippen molar-refractivity contribution in [3.05, 3.63) is 0 Å². The molecule has 0 aromatic carbocycles. The van der Waals surface area contributed by atoms with Crippen LogP contribution in [0, 0.1) is 0 Å². The number of nitrogens with two attached hydrogens (primary N) is 1. The van der Waals surface area contributed by atoms with Gasteiger partial charge in [0.15, 0.2) is 5.78 Å². The van der Waals surface area contributed by atoms with Crippen molar-refractivity contribution < 1.29 is 4.79 Å². The second-order valence-corrected chi connectivity index (χ2v) is 2.83. The quantitative estimate of drug-likeness (QED) is 0.610. The molecular weight excluding hydrogens is 114 g/mol. The van der Waals surface area contributed by atoms with Crippen LogP contribution in [0.4, 0.5) is 0 Å². The highest BCUT2D eigenvalue weighted by Crippen LogP contribution is 2.34. The molecule has 0 unspecified atom stereocenters. The summed E-state index contributed by atoms with van der Waals surface area (Å²) in [6, 6.07) is 0. The van der Waals surface area contributed by atoms with E-state index in [4.69, 9.17) is 5.73 Å². The first-order valence-corrected chi connectivity index (χ1v) is 3.51. The Balaban J connectivity index is 2.34. The van der Waals surface area contributed by atoms with Gasteiger partial charge in [-0.2, -0.15) is 0 Å². The summed E-state index contributed by atoms with van der Waals surface area (Å²) < 4.78 is 0. The van der Waals surface area contributed by atoms with Gasteiger partial charge in [0.2, 0.25) is 0 Å². The van der Waals surface area contributed by atoms with E-state index in [2.05, 4.69) is 0 Å². The fourth-order valence-corrected chi connectivity index (χ4v) is 0.890. The van der Waals surface area contributed by atoms with Crippen molar-refractivity contribution in [1.82, 2.24) is 0 Å². The number of rotatable bonds is 3. The summed E-state index contributed by atoms with van der Waals surface area (Å²) in [7, 11) is 0. The van der Waals surface area contributed by atoms with Gasteiger partial charge in [0.05, 0.1) is 5.54 Å². The molecule has 1 aliphatic rings. The van der Waals surface area contributed by atoms with Crippen LogP contribution in [0.3, 0.4) is 0 Å². The SMILES string of the molecule is CCCC(=O)C1(N)CC1. The molecule has 0 spiro atoms. The summed E-state index contributed by atoms with van der Waals surface area (Å²) >= 11 is 0. The maximum Gasteiger partial charge on any atom is 0.152 e. The third kappa shape index (κ3) is 1.30. The molecule has 0 aromatic heterocycles. The minimum Gasteiger partial charge on any atom is -0.319 e. The molecule has 9 heavy (non-hydrogen) atoms. The highest BCUT2D eigenvalue weighted by atomic mass is 16.1. The highest BCUT2D eigenvalue weighted by molar-refractivity contribution is 5.90. The molecule has 52 valence electrons. The lowest BCUT2D eigenvalue weighted by atomic mass is 10.1. The Hall–Kier alpha value is -0.370. The molecule has 0 bridgehead atoms. The van der Waals surface area contributed by atoms with Gasteiger partial charge in [-0.15, -0.1) is 0 Å². The average Bonchev–Trinajstić information content (AvgIpc) is 2.50. The van der Waals surface area contributed by atoms with E-state index in [0.717, 1.165) is 19.3 Å². The molecule has 0 atom stereocenters. The first-order valence-electron chi connectivity index (χ1n) is 3.51. The second-order valence-electron chi connectivity index (χ2n) is 2.83. The van der Waals surface area contributed by atoms with Crippen molar-refractivity contribution in [2.45, 2.75) is 38.1 Å². The Kier molecular flexibility index (Phi) is 1.58. The number of hydrogen-bond acceptors (Lipinski definition) is 2. The van der Waals surface area contributed by atoms with E-state index in [1.54, 1.807) is 0 Å². The fourth-order valence-electron chi connectivity index (χ4n) is 0.890. The van der Waals surface area contributed by atoms with Crippen LogP contribution in [-0.4, -0.2) is 11.3 Å². The Morgan fingerprint density at radius 3 is 2.56 bits per heavy atom. The zero-order chi connectivity index (χ0) is 6.91. The van der Waals surface area contributed by atoms with Gasteiger partial charge < -0.3 is 5.73 Å². The van der Waals surface area contributed by atoms with Gasteiger partial charge in [-0.05, 0) is 19.3 Å². The molecule has 1 aliphatic carbocycles. The van der Waals surface area contributed by atoms with E-state index >= 15 is 0 Å². The van der Waals surface area contributed by atoms with E-state index in [-0.39, 0.29) is 11.3 Å². The molecular formula is C7H13NO. The van der Waals surface area contributed by atoms with Crippen LogP contribution < -0.4 is 5.73 Å². The zero-order valence-electron chi connectivity index (χ0n) is 5.81. The van der Waals surface area contributed by atoms with Crippen LogP contribution >= 0.6 is 0 Å². The molecule has 2 nitrogen and oxygen atoms in total. The number of ketones is 1. The van der Waals surface area contributed by atoms with Crippen LogP contribution in [0.2, 0.25) is 0 Å². The molecule has 1 saturated carbocycles. The van der Waals surface area contributed by atoms with Gasteiger partial charge in [-0.1, -0.05) is 6.92 Å². The van der Waals surface area contributed by atoms with Crippen molar-refractivity contribution in [1.29, 1.82) is 0 Å². The first-order chi connectivity index (χ1) is 4.19. The molecule has 0 radical (unpaired) electrons. The summed E-state index contributed by atoms with van der Waals surface area (Å²) in [5.74, 6) is 0.255. The van der Waals surface area contributed by atoms with Gasteiger partial charge in [-0.3, -0.25) is 4.79 Å². The van der Waals surface area contributed by atoms with Crippen molar-refractivity contribution >= 4 is 5.78 Å². The summed E-state index contributed by atoms with van der Waals surface area (Å²) in [5, 5.41) is 0. The molecule has 2 heteroatoms. The predicted molar refractivity (Wildman–Crippen MR) is 36.1 cm³/mol. The van der Waals surface area contributed by atoms with Gasteiger partial charge in [0, 0.05) is 6.42 Å². The molecule has 0 heterocycles. The van der Waals surface area contributed by atoms with Crippen LogP contribution in [-0.2, 0) is 4.79 Å². The second kappa shape index (κ2) is 2.10. The monoisotopic (exact) mass is 127 g/mol. The van der Waals surface area contributed by atoms with Crippen molar-refractivity contribution in [3.63, 3.8) is 0 Å². The van der Waals surface area contributed by atoms with E-state index < -0.39 is 0 Å². The maximum atomic E-state index is 11.0. The van der Waals surface area contributed by atoms with E-state index in [1.165, 1.54) is 0 Å². The van der Waals surface area contributed by atoms with Crippen LogP contribution in [0.1, 0.15) is 32.6 Å². The lowest BCUT2D eigenvalue weighted by molar-refractivity contribution is -0.121. The normalized spacial score (nSPS) is 21.6. The number of carbonyl (C=O) groups is 1. The summed E-state index contributed by atoms with van der Waals surface area (Å²) in [5.41, 5.74) is 5.25. The Labute approximate surface area is 55.4 Å². The minimum atomic E-state index is -0.379. The third-order valence-corrected chi connectivity index (χ3v) is 1.82.